The summed E-state index contributed by atoms with van der Waals surface area (Å²) in [6, 6.07) is 7.58. The predicted octanol–water partition coefficient (Wildman–Crippen LogP) is 4.86. The van der Waals surface area contributed by atoms with Gasteiger partial charge in [-0.3, -0.25) is 0 Å². The number of halogens is 2. The molecule has 0 aliphatic heterocycles. The summed E-state index contributed by atoms with van der Waals surface area (Å²) in [7, 11) is -1.85. The molecule has 0 saturated carbocycles. The van der Waals surface area contributed by atoms with Crippen LogP contribution >= 0.6 is 11.6 Å². The highest BCUT2D eigenvalue weighted by Crippen LogP contribution is 2.33. The van der Waals surface area contributed by atoms with Crippen molar-refractivity contribution in [1.29, 1.82) is 0 Å². The summed E-state index contributed by atoms with van der Waals surface area (Å²) in [5.41, 5.74) is 0. The Kier molecular flexibility index (Phi) is 4.81. The lowest BCUT2D eigenvalue weighted by Gasteiger charge is -2.29. The van der Waals surface area contributed by atoms with E-state index in [1.807, 2.05) is 0 Å². The van der Waals surface area contributed by atoms with Crippen LogP contribution in [0, 0.1) is 5.82 Å². The van der Waals surface area contributed by atoms with Gasteiger partial charge in [0.1, 0.15) is 0 Å². The van der Waals surface area contributed by atoms with Gasteiger partial charge in [0.15, 0.2) is 11.6 Å². The zero-order valence-corrected chi connectivity index (χ0v) is 11.8. The third kappa shape index (κ3) is 2.77. The SMILES string of the molecule is CC[Si](CC)(CC)Oc1c(F)cccc1Cl. The normalized spacial score (nSPS) is 11.6. The molecule has 0 unspecified atom stereocenters. The van der Waals surface area contributed by atoms with Crippen LogP contribution in [-0.2, 0) is 0 Å². The first-order chi connectivity index (χ1) is 7.58. The van der Waals surface area contributed by atoms with E-state index in [9.17, 15) is 4.39 Å². The second-order valence-electron chi connectivity index (χ2n) is 3.90. The molecule has 0 N–H and O–H groups in total. The van der Waals surface area contributed by atoms with E-state index in [1.54, 1.807) is 12.1 Å². The zero-order valence-electron chi connectivity index (χ0n) is 10.0. The quantitative estimate of drug-likeness (QED) is 0.687. The molecule has 0 saturated heterocycles. The molecule has 16 heavy (non-hydrogen) atoms. The first-order valence-corrected chi connectivity index (χ1v) is 8.62. The van der Waals surface area contributed by atoms with Crippen LogP contribution in [0.5, 0.6) is 5.75 Å². The summed E-state index contributed by atoms with van der Waals surface area (Å²) in [5.74, 6) is -0.124. The predicted molar refractivity (Wildman–Crippen MR) is 69.2 cm³/mol. The van der Waals surface area contributed by atoms with E-state index in [2.05, 4.69) is 20.8 Å². The summed E-state index contributed by atoms with van der Waals surface area (Å²) in [6.45, 7) is 6.32. The molecule has 0 atom stereocenters. The minimum Gasteiger partial charge on any atom is -0.541 e. The molecule has 0 fully saturated rings. The van der Waals surface area contributed by atoms with E-state index < -0.39 is 8.32 Å². The van der Waals surface area contributed by atoms with E-state index in [0.717, 1.165) is 18.1 Å². The van der Waals surface area contributed by atoms with Crippen molar-refractivity contribution in [2.24, 2.45) is 0 Å². The smallest absolute Gasteiger partial charge is 0.250 e. The van der Waals surface area contributed by atoms with Gasteiger partial charge in [-0.15, -0.1) is 0 Å². The maximum atomic E-state index is 13.6. The summed E-state index contributed by atoms with van der Waals surface area (Å²) in [5, 5.41) is 0.368. The molecule has 0 heterocycles. The van der Waals surface area contributed by atoms with Gasteiger partial charge >= 0.3 is 0 Å². The number of rotatable bonds is 5. The summed E-state index contributed by atoms with van der Waals surface area (Å²) >= 11 is 5.96. The van der Waals surface area contributed by atoms with Crippen molar-refractivity contribution in [2.75, 3.05) is 0 Å². The van der Waals surface area contributed by atoms with Gasteiger partial charge in [-0.1, -0.05) is 38.4 Å². The van der Waals surface area contributed by atoms with E-state index in [0.29, 0.717) is 5.02 Å². The van der Waals surface area contributed by atoms with Crippen molar-refractivity contribution in [3.05, 3.63) is 29.0 Å². The molecule has 0 amide bonds. The number of hydrogen-bond donors (Lipinski definition) is 0. The van der Waals surface area contributed by atoms with E-state index >= 15 is 0 Å². The van der Waals surface area contributed by atoms with Crippen LogP contribution < -0.4 is 4.43 Å². The molecule has 90 valence electrons. The van der Waals surface area contributed by atoms with Crippen LogP contribution in [-0.4, -0.2) is 8.32 Å². The maximum Gasteiger partial charge on any atom is 0.250 e. The number of hydrogen-bond acceptors (Lipinski definition) is 1. The molecule has 0 bridgehead atoms. The molecule has 0 radical (unpaired) electrons. The van der Waals surface area contributed by atoms with Crippen LogP contribution in [0.1, 0.15) is 20.8 Å². The Labute approximate surface area is 103 Å². The fourth-order valence-electron chi connectivity index (χ4n) is 1.76. The standard InChI is InChI=1S/C12H18ClFOSi/c1-4-16(5-2,6-3)15-12-10(13)8-7-9-11(12)14/h7-9H,4-6H2,1-3H3. The van der Waals surface area contributed by atoms with Crippen LogP contribution in [0.2, 0.25) is 23.2 Å². The Morgan fingerprint density at radius 2 is 1.75 bits per heavy atom. The van der Waals surface area contributed by atoms with Gasteiger partial charge in [-0.05, 0) is 30.3 Å². The molecule has 0 aliphatic rings. The average Bonchev–Trinajstić information content (AvgIpc) is 2.30. The Hall–Kier alpha value is -0.543. The van der Waals surface area contributed by atoms with Gasteiger partial charge in [-0.25, -0.2) is 4.39 Å². The van der Waals surface area contributed by atoms with Gasteiger partial charge < -0.3 is 4.43 Å². The van der Waals surface area contributed by atoms with Gasteiger partial charge in [0.2, 0.25) is 0 Å². The molecule has 0 aromatic heterocycles. The lowest BCUT2D eigenvalue weighted by atomic mass is 10.3. The first kappa shape index (κ1) is 13.5. The highest BCUT2D eigenvalue weighted by Gasteiger charge is 2.32. The van der Waals surface area contributed by atoms with Gasteiger partial charge in [0.05, 0.1) is 5.02 Å². The molecular weight excluding hydrogens is 243 g/mol. The van der Waals surface area contributed by atoms with Crippen molar-refractivity contribution >= 4 is 19.9 Å². The lowest BCUT2D eigenvalue weighted by Crippen LogP contribution is -2.39. The van der Waals surface area contributed by atoms with Gasteiger partial charge in [-0.2, -0.15) is 0 Å². The molecular formula is C12H18ClFOSi. The average molecular weight is 261 g/mol. The van der Waals surface area contributed by atoms with Gasteiger partial charge in [0, 0.05) is 0 Å². The molecule has 1 nitrogen and oxygen atoms in total. The Morgan fingerprint density at radius 1 is 1.19 bits per heavy atom. The van der Waals surface area contributed by atoms with Crippen molar-refractivity contribution in [2.45, 2.75) is 38.9 Å². The van der Waals surface area contributed by atoms with Crippen LogP contribution in [0.25, 0.3) is 0 Å². The Balaban J connectivity index is 3.02. The van der Waals surface area contributed by atoms with Crippen molar-refractivity contribution in [3.8, 4) is 5.75 Å². The molecule has 4 heteroatoms. The van der Waals surface area contributed by atoms with Crippen molar-refractivity contribution in [1.82, 2.24) is 0 Å². The van der Waals surface area contributed by atoms with Crippen LogP contribution in [0.3, 0.4) is 0 Å². The number of para-hydroxylation sites is 1. The fourth-order valence-corrected chi connectivity index (χ4v) is 4.60. The Bertz CT molecular complexity index is 324. The molecule has 1 rings (SSSR count). The molecule has 1 aromatic carbocycles. The summed E-state index contributed by atoms with van der Waals surface area (Å²) in [6.07, 6.45) is 0. The topological polar surface area (TPSA) is 9.23 Å². The highest BCUT2D eigenvalue weighted by molar-refractivity contribution is 6.74. The van der Waals surface area contributed by atoms with Gasteiger partial charge in [0.25, 0.3) is 8.32 Å². The number of benzene rings is 1. The van der Waals surface area contributed by atoms with Crippen molar-refractivity contribution < 1.29 is 8.82 Å². The fraction of sp³-hybridized carbons (Fsp3) is 0.500. The third-order valence-electron chi connectivity index (χ3n) is 3.17. The minimum absolute atomic E-state index is 0.237. The monoisotopic (exact) mass is 260 g/mol. The summed E-state index contributed by atoms with van der Waals surface area (Å²) in [4.78, 5) is 0. The van der Waals surface area contributed by atoms with Crippen molar-refractivity contribution in [3.63, 3.8) is 0 Å². The van der Waals surface area contributed by atoms with Crippen LogP contribution in [0.4, 0.5) is 4.39 Å². The summed E-state index contributed by atoms with van der Waals surface area (Å²) < 4.78 is 19.5. The second-order valence-corrected chi connectivity index (χ2v) is 9.00. The third-order valence-corrected chi connectivity index (χ3v) is 7.97. The van der Waals surface area contributed by atoms with Crippen LogP contribution in [0.15, 0.2) is 18.2 Å². The largest absolute Gasteiger partial charge is 0.541 e. The van der Waals surface area contributed by atoms with E-state index in [4.69, 9.17) is 16.0 Å². The maximum absolute atomic E-state index is 13.6. The lowest BCUT2D eigenvalue weighted by molar-refractivity contribution is 0.481. The first-order valence-electron chi connectivity index (χ1n) is 5.71. The van der Waals surface area contributed by atoms with E-state index in [-0.39, 0.29) is 11.6 Å². The van der Waals surface area contributed by atoms with E-state index in [1.165, 1.54) is 6.07 Å². The zero-order chi connectivity index (χ0) is 12.2. The molecule has 0 aliphatic carbocycles. The second kappa shape index (κ2) is 5.69. The molecule has 1 aromatic rings. The minimum atomic E-state index is -1.85. The molecule has 0 spiro atoms. The highest BCUT2D eigenvalue weighted by atomic mass is 35.5. The Morgan fingerprint density at radius 3 is 2.19 bits per heavy atom.